The van der Waals surface area contributed by atoms with Crippen molar-refractivity contribution in [2.45, 2.75) is 113 Å². The van der Waals surface area contributed by atoms with Crippen LogP contribution in [0.15, 0.2) is 73.1 Å². The van der Waals surface area contributed by atoms with Gasteiger partial charge in [-0.2, -0.15) is 10.2 Å². The molecule has 4 aromatic heterocycles. The number of benzene rings is 4. The van der Waals surface area contributed by atoms with Gasteiger partial charge in [0.1, 0.15) is 105 Å². The van der Waals surface area contributed by atoms with E-state index in [0.29, 0.717) is 50.9 Å². The molecule has 5 heterocycles. The highest BCUT2D eigenvalue weighted by Gasteiger charge is 2.57. The summed E-state index contributed by atoms with van der Waals surface area (Å²) in [7, 11) is 0. The Morgan fingerprint density at radius 2 is 1.21 bits per heavy atom. The van der Waals surface area contributed by atoms with Crippen molar-refractivity contribution in [3.63, 3.8) is 0 Å². The van der Waals surface area contributed by atoms with Crippen LogP contribution < -0.4 is 0 Å². The Morgan fingerprint density at radius 1 is 0.682 bits per heavy atom. The minimum absolute atomic E-state index is 0.0293. The summed E-state index contributed by atoms with van der Waals surface area (Å²) in [5.41, 5.74) is -0.509. The van der Waals surface area contributed by atoms with E-state index in [4.69, 9.17) is 93.5 Å². The van der Waals surface area contributed by atoms with Crippen molar-refractivity contribution in [1.82, 2.24) is 59.5 Å². The smallest absolute Gasteiger partial charge is 0.164 e. The Morgan fingerprint density at radius 3 is 1.79 bits per heavy atom. The summed E-state index contributed by atoms with van der Waals surface area (Å²) in [5, 5.41) is 70.8. The zero-order valence-electron chi connectivity index (χ0n) is 45.1. The Hall–Kier alpha value is -5.42. The van der Waals surface area contributed by atoms with Gasteiger partial charge in [0.2, 0.25) is 0 Å². The maximum atomic E-state index is 14.6. The number of rotatable bonds is 24. The fraction of sp³-hybridized carbons (Fsp3) is 0.418. The van der Waals surface area contributed by atoms with E-state index in [1.807, 2.05) is 0 Å². The highest BCUT2D eigenvalue weighted by Crippen LogP contribution is 2.48. The van der Waals surface area contributed by atoms with Crippen molar-refractivity contribution in [3.05, 3.63) is 150 Å². The fourth-order valence-electron chi connectivity index (χ4n) is 10.4. The van der Waals surface area contributed by atoms with Gasteiger partial charge in [-0.25, -0.2) is 46.3 Å². The number of hydrogen-bond donors (Lipinski definition) is 4. The van der Waals surface area contributed by atoms with Crippen LogP contribution in [0.25, 0.3) is 33.9 Å². The molecule has 85 heavy (non-hydrogen) atoms. The SMILES string of the molecule is Cc1nc(C(COCCCCCCCCOC2C(c3nc(C)nn3-c3cc(Cl)ccc3Cl)OC(CO)C(O)C2n2cc(-c3cc(F)c(Cl)c(F)c3)nn2)OC2(CO)CC(n3cc(-c4cc(F)c(Cl)c(F)c4)nn3)C2O)n(-c2cc(Cl)ccc2Cl)n1. The molecule has 2 aliphatic rings. The summed E-state index contributed by atoms with van der Waals surface area (Å²) < 4.78 is 89.4. The van der Waals surface area contributed by atoms with Crippen LogP contribution in [0.5, 0.6) is 0 Å². The van der Waals surface area contributed by atoms with E-state index in [0.717, 1.165) is 49.9 Å². The first-order valence-corrected chi connectivity index (χ1v) is 29.1. The molecule has 4 aromatic carbocycles. The number of aromatic nitrogens is 12. The predicted octanol–water partition coefficient (Wildman–Crippen LogP) is 10.7. The van der Waals surface area contributed by atoms with Crippen LogP contribution >= 0.6 is 69.6 Å². The minimum atomic E-state index is -1.56. The summed E-state index contributed by atoms with van der Waals surface area (Å²) in [5.74, 6) is -2.82. The van der Waals surface area contributed by atoms with E-state index in [1.54, 1.807) is 50.2 Å². The number of ether oxygens (including phenoxy) is 4. The molecule has 10 rings (SSSR count). The van der Waals surface area contributed by atoms with Crippen LogP contribution in [-0.2, 0) is 18.9 Å². The van der Waals surface area contributed by atoms with E-state index in [1.165, 1.54) is 31.1 Å². The van der Waals surface area contributed by atoms with Gasteiger partial charge in [0.15, 0.2) is 11.6 Å². The Kier molecular flexibility index (Phi) is 19.8. The number of aliphatic hydroxyl groups is 4. The maximum Gasteiger partial charge on any atom is 0.164 e. The van der Waals surface area contributed by atoms with Gasteiger partial charge < -0.3 is 39.4 Å². The van der Waals surface area contributed by atoms with Gasteiger partial charge in [0.05, 0.1) is 59.7 Å². The summed E-state index contributed by atoms with van der Waals surface area (Å²) in [4.78, 5) is 9.38. The van der Waals surface area contributed by atoms with Crippen LogP contribution in [0.3, 0.4) is 0 Å². The zero-order valence-corrected chi connectivity index (χ0v) is 49.6. The maximum absolute atomic E-state index is 14.6. The summed E-state index contributed by atoms with van der Waals surface area (Å²) in [6.07, 6.45) is -0.119. The first-order valence-electron chi connectivity index (χ1n) is 26.8. The molecule has 8 aromatic rings. The first-order chi connectivity index (χ1) is 40.8. The van der Waals surface area contributed by atoms with Gasteiger partial charge in [-0.15, -0.1) is 10.2 Å². The topological polar surface area (TPSA) is 241 Å². The second-order valence-corrected chi connectivity index (χ2v) is 23.0. The molecule has 30 heteroatoms. The van der Waals surface area contributed by atoms with Crippen LogP contribution in [0.1, 0.15) is 92.5 Å². The van der Waals surface area contributed by atoms with Gasteiger partial charge in [-0.05, 0) is 87.4 Å². The molecular weight excluding hydrogens is 1250 g/mol. The highest BCUT2D eigenvalue weighted by molar-refractivity contribution is 6.35. The highest BCUT2D eigenvalue weighted by atomic mass is 35.5. The molecule has 2 fully saturated rings. The number of halogens is 10. The summed E-state index contributed by atoms with van der Waals surface area (Å²) >= 11 is 37.6. The van der Waals surface area contributed by atoms with E-state index < -0.39 is 101 Å². The lowest BCUT2D eigenvalue weighted by atomic mass is 9.72. The van der Waals surface area contributed by atoms with Crippen LogP contribution in [0.2, 0.25) is 30.1 Å². The lowest BCUT2D eigenvalue weighted by Crippen LogP contribution is -2.63. The number of nitrogens with zero attached hydrogens (tertiary/aromatic N) is 12. The fourth-order valence-corrected chi connectivity index (χ4v) is 11.4. The Labute approximate surface area is 513 Å². The third-order valence-electron chi connectivity index (χ3n) is 14.7. The van der Waals surface area contributed by atoms with Crippen molar-refractivity contribution in [2.75, 3.05) is 33.0 Å². The number of aliphatic hydroxyl groups excluding tert-OH is 4. The second-order valence-electron chi connectivity index (χ2n) is 20.6. The van der Waals surface area contributed by atoms with Crippen LogP contribution in [0, 0.1) is 37.1 Å². The largest absolute Gasteiger partial charge is 0.394 e. The molecule has 0 spiro atoms. The molecule has 4 N–H and O–H groups in total. The zero-order chi connectivity index (χ0) is 60.4. The number of hydrogen-bond acceptors (Lipinski definition) is 16. The summed E-state index contributed by atoms with van der Waals surface area (Å²) in [6.45, 7) is 2.44. The molecule has 1 aliphatic heterocycles. The number of aryl methyl sites for hydroxylation is 2. The van der Waals surface area contributed by atoms with Crippen molar-refractivity contribution in [2.24, 2.45) is 0 Å². The molecule has 0 bridgehead atoms. The van der Waals surface area contributed by atoms with E-state index in [-0.39, 0.29) is 65.4 Å². The van der Waals surface area contributed by atoms with E-state index in [2.05, 4.69) is 35.8 Å². The van der Waals surface area contributed by atoms with E-state index in [9.17, 15) is 38.0 Å². The molecule has 9 unspecified atom stereocenters. The second kappa shape index (κ2) is 26.9. The average Bonchev–Trinajstić information content (AvgIpc) is 3.16. The van der Waals surface area contributed by atoms with Gasteiger partial charge in [-0.1, -0.05) is 106 Å². The quantitative estimate of drug-likeness (QED) is 0.0250. The van der Waals surface area contributed by atoms with Crippen molar-refractivity contribution >= 4 is 69.6 Å². The normalized spacial score (nSPS) is 21.9. The molecule has 1 saturated carbocycles. The van der Waals surface area contributed by atoms with Gasteiger partial charge in [-0.3, -0.25) is 0 Å². The first kappa shape index (κ1) is 62.6. The lowest BCUT2D eigenvalue weighted by Gasteiger charge is -2.51. The Bertz CT molecular complexity index is 3630. The Balaban J connectivity index is 0.790. The molecule has 20 nitrogen and oxygen atoms in total. The van der Waals surface area contributed by atoms with Crippen molar-refractivity contribution in [1.29, 1.82) is 0 Å². The molecule has 0 amide bonds. The van der Waals surface area contributed by atoms with Crippen molar-refractivity contribution in [3.8, 4) is 33.9 Å². The third kappa shape index (κ3) is 13.4. The third-order valence-corrected chi connectivity index (χ3v) is 16.6. The van der Waals surface area contributed by atoms with Crippen LogP contribution in [0.4, 0.5) is 17.6 Å². The summed E-state index contributed by atoms with van der Waals surface area (Å²) in [6, 6.07) is 11.8. The number of unbranched alkanes of at least 4 members (excludes halogenated alkanes) is 5. The van der Waals surface area contributed by atoms with Gasteiger partial charge >= 0.3 is 0 Å². The van der Waals surface area contributed by atoms with Gasteiger partial charge in [0, 0.05) is 40.8 Å². The standard InChI is InChI=1S/C55H54Cl6F4N12O8/c1-27-66-53(76(70-27)41-19-31(56)9-11-33(41)58)45(85-55(26-79)21-43(52(55)81)74-22-39(68-72-74)29-15-35(62)46(60)36(63)16-29)25-82-13-7-5-3-4-6-8-14-83-50-48(75-23-40(69-73-75)30-17-37(64)47(61)38(65)18-30)49(80)44(24-78)84-51(50)54-67-28(2)71-77(54)42-20-32(57)10-12-34(42)59/h9-12,15-20,22-23,43-45,48-52,78-81H,3-8,13-14,21,24-26H2,1-2H3. The molecular formula is C55H54Cl6F4N12O8. The van der Waals surface area contributed by atoms with Crippen LogP contribution in [-0.4, -0.2) is 143 Å². The predicted molar refractivity (Wildman–Crippen MR) is 304 cm³/mol. The van der Waals surface area contributed by atoms with E-state index >= 15 is 0 Å². The minimum Gasteiger partial charge on any atom is -0.394 e. The molecule has 0 radical (unpaired) electrons. The molecule has 9 atom stereocenters. The average molecular weight is 1300 g/mol. The monoisotopic (exact) mass is 1300 g/mol. The lowest BCUT2D eigenvalue weighted by molar-refractivity contribution is -0.257. The molecule has 1 aliphatic carbocycles. The molecule has 452 valence electrons. The molecule has 1 saturated heterocycles. The van der Waals surface area contributed by atoms with Crippen molar-refractivity contribution < 1.29 is 56.9 Å². The van der Waals surface area contributed by atoms with Gasteiger partial charge in [0.25, 0.3) is 0 Å².